The molecular weight excluding hydrogens is 258 g/mol. The van der Waals surface area contributed by atoms with E-state index in [1.54, 1.807) is 18.2 Å². The van der Waals surface area contributed by atoms with E-state index in [4.69, 9.17) is 10.5 Å². The standard InChI is InChI=1S/C12H17N7O/c1-19(2)12-17-10(13)16-11(18-12)15-7-8-4-5-14-9(6-8)20-3/h4-6H,7H2,1-3H3,(H3,13,15,16,17,18). The lowest BCUT2D eigenvalue weighted by molar-refractivity contribution is 0.397. The minimum Gasteiger partial charge on any atom is -0.481 e. The Morgan fingerprint density at radius 3 is 2.80 bits per heavy atom. The van der Waals surface area contributed by atoms with Crippen molar-refractivity contribution in [2.75, 3.05) is 37.2 Å². The van der Waals surface area contributed by atoms with Gasteiger partial charge in [-0.25, -0.2) is 4.98 Å². The minimum atomic E-state index is 0.179. The molecule has 0 amide bonds. The van der Waals surface area contributed by atoms with Crippen LogP contribution < -0.4 is 20.7 Å². The van der Waals surface area contributed by atoms with Crippen LogP contribution in [-0.4, -0.2) is 41.1 Å². The Kier molecular flexibility index (Phi) is 4.14. The predicted octanol–water partition coefficient (Wildman–Crippen LogP) is 0.535. The van der Waals surface area contributed by atoms with Crippen molar-refractivity contribution >= 4 is 17.8 Å². The highest BCUT2D eigenvalue weighted by molar-refractivity contribution is 5.41. The first-order valence-corrected chi connectivity index (χ1v) is 6.00. The summed E-state index contributed by atoms with van der Waals surface area (Å²) in [5.74, 6) is 1.68. The third-order valence-electron chi connectivity index (χ3n) is 2.50. The smallest absolute Gasteiger partial charge is 0.231 e. The molecule has 0 atom stereocenters. The number of aromatic nitrogens is 4. The molecule has 0 spiro atoms. The largest absolute Gasteiger partial charge is 0.481 e. The zero-order valence-corrected chi connectivity index (χ0v) is 11.7. The average molecular weight is 275 g/mol. The number of pyridine rings is 1. The van der Waals surface area contributed by atoms with Crippen molar-refractivity contribution in [1.82, 2.24) is 19.9 Å². The molecule has 0 saturated carbocycles. The third-order valence-corrected chi connectivity index (χ3v) is 2.50. The van der Waals surface area contributed by atoms with E-state index in [1.807, 2.05) is 26.2 Å². The summed E-state index contributed by atoms with van der Waals surface area (Å²) in [6, 6.07) is 3.72. The van der Waals surface area contributed by atoms with Gasteiger partial charge in [0.2, 0.25) is 23.7 Å². The van der Waals surface area contributed by atoms with Gasteiger partial charge in [0.15, 0.2) is 0 Å². The third kappa shape index (κ3) is 3.44. The molecule has 20 heavy (non-hydrogen) atoms. The van der Waals surface area contributed by atoms with Crippen molar-refractivity contribution in [2.24, 2.45) is 0 Å². The van der Waals surface area contributed by atoms with Gasteiger partial charge in [-0.15, -0.1) is 0 Å². The SMILES string of the molecule is COc1cc(CNc2nc(N)nc(N(C)C)n2)ccn1. The van der Waals surface area contributed by atoms with Gasteiger partial charge >= 0.3 is 0 Å². The predicted molar refractivity (Wildman–Crippen MR) is 76.7 cm³/mol. The van der Waals surface area contributed by atoms with Gasteiger partial charge in [0.25, 0.3) is 0 Å². The molecule has 0 aromatic carbocycles. The number of anilines is 3. The van der Waals surface area contributed by atoms with Gasteiger partial charge in [0.05, 0.1) is 7.11 Å². The maximum atomic E-state index is 5.65. The van der Waals surface area contributed by atoms with Crippen LogP contribution in [0, 0.1) is 0 Å². The van der Waals surface area contributed by atoms with E-state index < -0.39 is 0 Å². The summed E-state index contributed by atoms with van der Waals surface area (Å²) >= 11 is 0. The molecule has 8 heteroatoms. The molecule has 2 heterocycles. The van der Waals surface area contributed by atoms with Crippen LogP contribution in [0.4, 0.5) is 17.8 Å². The van der Waals surface area contributed by atoms with Crippen LogP contribution >= 0.6 is 0 Å². The zero-order valence-electron chi connectivity index (χ0n) is 11.7. The molecule has 0 aliphatic heterocycles. The van der Waals surface area contributed by atoms with E-state index in [0.717, 1.165) is 5.56 Å². The molecular formula is C12H17N7O. The highest BCUT2D eigenvalue weighted by Gasteiger charge is 2.06. The fraction of sp³-hybridized carbons (Fsp3) is 0.333. The molecule has 8 nitrogen and oxygen atoms in total. The van der Waals surface area contributed by atoms with Crippen LogP contribution in [0.1, 0.15) is 5.56 Å². The summed E-state index contributed by atoms with van der Waals surface area (Å²) in [5, 5.41) is 3.10. The molecule has 106 valence electrons. The summed E-state index contributed by atoms with van der Waals surface area (Å²) < 4.78 is 5.07. The second kappa shape index (κ2) is 6.00. The normalized spacial score (nSPS) is 10.2. The summed E-state index contributed by atoms with van der Waals surface area (Å²) in [6.45, 7) is 0.537. The summed E-state index contributed by atoms with van der Waals surface area (Å²) in [4.78, 5) is 18.1. The van der Waals surface area contributed by atoms with Crippen molar-refractivity contribution in [3.05, 3.63) is 23.9 Å². The number of hydrogen-bond acceptors (Lipinski definition) is 8. The monoisotopic (exact) mass is 275 g/mol. The number of ether oxygens (including phenoxy) is 1. The van der Waals surface area contributed by atoms with E-state index in [0.29, 0.717) is 24.3 Å². The molecule has 2 aromatic heterocycles. The van der Waals surface area contributed by atoms with Crippen LogP contribution in [0.5, 0.6) is 5.88 Å². The van der Waals surface area contributed by atoms with E-state index in [1.165, 1.54) is 0 Å². The van der Waals surface area contributed by atoms with Gasteiger partial charge in [-0.05, 0) is 11.6 Å². The van der Waals surface area contributed by atoms with Gasteiger partial charge < -0.3 is 20.7 Å². The van der Waals surface area contributed by atoms with Gasteiger partial charge in [-0.1, -0.05) is 0 Å². The topological polar surface area (TPSA) is 102 Å². The molecule has 2 rings (SSSR count). The Hall–Kier alpha value is -2.64. The Labute approximate surface area is 117 Å². The summed E-state index contributed by atoms with van der Waals surface area (Å²) in [5.41, 5.74) is 6.65. The number of nitrogen functional groups attached to an aromatic ring is 1. The molecule has 0 bridgehead atoms. The molecule has 0 aliphatic rings. The van der Waals surface area contributed by atoms with E-state index >= 15 is 0 Å². The number of nitrogens with two attached hydrogens (primary N) is 1. The molecule has 0 unspecified atom stereocenters. The van der Waals surface area contributed by atoms with E-state index in [-0.39, 0.29) is 5.95 Å². The maximum Gasteiger partial charge on any atom is 0.231 e. The number of nitrogens with one attached hydrogen (secondary N) is 1. The van der Waals surface area contributed by atoms with Crippen molar-refractivity contribution in [3.63, 3.8) is 0 Å². The molecule has 0 saturated heterocycles. The van der Waals surface area contributed by atoms with Crippen LogP contribution in [0.25, 0.3) is 0 Å². The van der Waals surface area contributed by atoms with Crippen molar-refractivity contribution < 1.29 is 4.74 Å². The Bertz CT molecular complexity index is 588. The Balaban J connectivity index is 2.10. The van der Waals surface area contributed by atoms with Crippen molar-refractivity contribution in [3.8, 4) is 5.88 Å². The lowest BCUT2D eigenvalue weighted by Crippen LogP contribution is -2.16. The first-order valence-electron chi connectivity index (χ1n) is 6.00. The van der Waals surface area contributed by atoms with Gasteiger partial charge in [-0.2, -0.15) is 15.0 Å². The lowest BCUT2D eigenvalue weighted by Gasteiger charge is -2.12. The first kappa shape index (κ1) is 13.8. The van der Waals surface area contributed by atoms with Crippen LogP contribution in [0.3, 0.4) is 0 Å². The highest BCUT2D eigenvalue weighted by atomic mass is 16.5. The van der Waals surface area contributed by atoms with Crippen LogP contribution in [0.15, 0.2) is 18.3 Å². The molecule has 0 aliphatic carbocycles. The zero-order chi connectivity index (χ0) is 14.5. The first-order chi connectivity index (χ1) is 9.58. The minimum absolute atomic E-state index is 0.179. The highest BCUT2D eigenvalue weighted by Crippen LogP contribution is 2.12. The maximum absolute atomic E-state index is 5.65. The lowest BCUT2D eigenvalue weighted by atomic mass is 10.2. The number of rotatable bonds is 5. The van der Waals surface area contributed by atoms with Gasteiger partial charge in [0, 0.05) is 32.9 Å². The summed E-state index contributed by atoms with van der Waals surface area (Å²) in [6.07, 6.45) is 1.68. The fourth-order valence-electron chi connectivity index (χ4n) is 1.51. The molecule has 0 radical (unpaired) electrons. The van der Waals surface area contributed by atoms with Crippen molar-refractivity contribution in [1.29, 1.82) is 0 Å². The number of hydrogen-bond donors (Lipinski definition) is 2. The van der Waals surface area contributed by atoms with Crippen LogP contribution in [0.2, 0.25) is 0 Å². The average Bonchev–Trinajstić information content (AvgIpc) is 2.44. The number of methoxy groups -OCH3 is 1. The summed E-state index contributed by atoms with van der Waals surface area (Å²) in [7, 11) is 5.26. The molecule has 2 aromatic rings. The van der Waals surface area contributed by atoms with Crippen LogP contribution in [-0.2, 0) is 6.54 Å². The molecule has 3 N–H and O–H groups in total. The second-order valence-corrected chi connectivity index (χ2v) is 4.27. The Morgan fingerprint density at radius 2 is 2.10 bits per heavy atom. The second-order valence-electron chi connectivity index (χ2n) is 4.27. The van der Waals surface area contributed by atoms with Gasteiger partial charge in [0.1, 0.15) is 0 Å². The van der Waals surface area contributed by atoms with E-state index in [9.17, 15) is 0 Å². The Morgan fingerprint density at radius 1 is 1.30 bits per heavy atom. The quantitative estimate of drug-likeness (QED) is 0.815. The number of nitrogens with zero attached hydrogens (tertiary/aromatic N) is 5. The van der Waals surface area contributed by atoms with E-state index in [2.05, 4.69) is 25.3 Å². The molecule has 0 fully saturated rings. The fourth-order valence-corrected chi connectivity index (χ4v) is 1.51. The van der Waals surface area contributed by atoms with Crippen molar-refractivity contribution in [2.45, 2.75) is 6.54 Å². The van der Waals surface area contributed by atoms with Gasteiger partial charge in [-0.3, -0.25) is 0 Å².